The molecular formula is C4H13NO5P2S. The number of hydrogen-bond donors (Lipinski definition) is 4. The van der Waals surface area contributed by atoms with Crippen LogP contribution in [0.4, 0.5) is 0 Å². The molecule has 1 unspecified atom stereocenters. The molecule has 0 saturated heterocycles. The lowest BCUT2D eigenvalue weighted by molar-refractivity contribution is 0.283. The number of hydrogen-bond acceptors (Lipinski definition) is 3. The third-order valence-corrected chi connectivity index (χ3v) is 4.34. The average Bonchev–Trinajstić information content (AvgIpc) is 1.81. The quantitative estimate of drug-likeness (QED) is 0.338. The second-order valence-electron chi connectivity index (χ2n) is 2.30. The summed E-state index contributed by atoms with van der Waals surface area (Å²) in [5.74, 6) is 0. The highest BCUT2D eigenvalue weighted by atomic mass is 32.7. The summed E-state index contributed by atoms with van der Waals surface area (Å²) in [7, 11) is -4.71. The predicted molar refractivity (Wildman–Crippen MR) is 53.5 cm³/mol. The summed E-state index contributed by atoms with van der Waals surface area (Å²) < 4.78 is 17.9. The van der Waals surface area contributed by atoms with Crippen molar-refractivity contribution in [2.75, 3.05) is 6.54 Å². The standard InChI is InChI=1S/C4H13NO5P2S/c1-2-3-4-5-11(6,13)10-12(7,8)9/h6,13H,2-4H2,1H3,(H2,7,8,9). The van der Waals surface area contributed by atoms with E-state index in [4.69, 9.17) is 9.79 Å². The van der Waals surface area contributed by atoms with Gasteiger partial charge in [-0.1, -0.05) is 25.6 Å². The Hall–Kier alpha value is 0.650. The summed E-state index contributed by atoms with van der Waals surface area (Å²) in [5, 5.41) is 0. The van der Waals surface area contributed by atoms with Crippen LogP contribution in [0, 0.1) is 0 Å². The van der Waals surface area contributed by atoms with Crippen molar-refractivity contribution in [1.29, 1.82) is 0 Å². The van der Waals surface area contributed by atoms with Crippen molar-refractivity contribution in [3.8, 4) is 0 Å². The van der Waals surface area contributed by atoms with Gasteiger partial charge in [-0.05, 0) is 6.42 Å². The third-order valence-electron chi connectivity index (χ3n) is 1.01. The van der Waals surface area contributed by atoms with E-state index in [9.17, 15) is 9.46 Å². The Balaban J connectivity index is 4.22. The summed E-state index contributed by atoms with van der Waals surface area (Å²) in [6.45, 7) is -1.33. The number of rotatable bonds is 5. The maximum absolute atomic E-state index is 10.3. The molecule has 0 radical (unpaired) electrons. The highest BCUT2D eigenvalue weighted by Gasteiger charge is 2.24. The zero-order chi connectivity index (χ0) is 10.5. The normalized spacial score (nSPS) is 16.7. The summed E-state index contributed by atoms with van der Waals surface area (Å²) in [4.78, 5) is 25.9. The van der Waals surface area contributed by atoms with Crippen molar-refractivity contribution >= 4 is 26.8 Å². The van der Waals surface area contributed by atoms with E-state index in [1.165, 1.54) is 0 Å². The van der Waals surface area contributed by atoms with Gasteiger partial charge in [0, 0.05) is 6.54 Å². The summed E-state index contributed by atoms with van der Waals surface area (Å²) >= 11 is 3.54. The van der Waals surface area contributed by atoms with E-state index in [-0.39, 0.29) is 6.54 Å². The topological polar surface area (TPSA) is 99.4 Å². The van der Waals surface area contributed by atoms with Gasteiger partial charge in [-0.2, -0.15) is 0 Å². The van der Waals surface area contributed by atoms with E-state index >= 15 is 0 Å². The minimum Gasteiger partial charge on any atom is -0.332 e. The molecule has 0 fully saturated rings. The van der Waals surface area contributed by atoms with Crippen molar-refractivity contribution in [3.05, 3.63) is 0 Å². The fourth-order valence-corrected chi connectivity index (χ4v) is 3.40. The van der Waals surface area contributed by atoms with Gasteiger partial charge < -0.3 is 14.7 Å². The van der Waals surface area contributed by atoms with E-state index in [0.29, 0.717) is 6.42 Å². The molecule has 3 N–H and O–H groups in total. The van der Waals surface area contributed by atoms with Crippen LogP contribution in [0.1, 0.15) is 19.8 Å². The van der Waals surface area contributed by atoms with Crippen molar-refractivity contribution in [3.63, 3.8) is 0 Å². The van der Waals surface area contributed by atoms with Crippen LogP contribution >= 0.6 is 26.8 Å². The maximum Gasteiger partial charge on any atom is 0.476 e. The van der Waals surface area contributed by atoms with Gasteiger partial charge in [0.25, 0.3) is 6.71 Å². The molecule has 0 amide bonds. The second kappa shape index (κ2) is 5.51. The van der Waals surface area contributed by atoms with E-state index in [1.54, 1.807) is 0 Å². The van der Waals surface area contributed by atoms with Crippen LogP contribution in [0.3, 0.4) is 0 Å². The first kappa shape index (κ1) is 13.7. The molecule has 0 aliphatic carbocycles. The number of phosphoric acid groups is 1. The highest BCUT2D eigenvalue weighted by molar-refractivity contribution is 8.45. The number of unbranched alkanes of at least 4 members (excludes halogenated alkanes) is 1. The number of thiol groups is 1. The third kappa shape index (κ3) is 8.97. The zero-order valence-corrected chi connectivity index (χ0v) is 9.75. The SMILES string of the molecule is CCCCN=P(O)(S)OP(=O)(O)O. The molecule has 6 nitrogen and oxygen atoms in total. The van der Waals surface area contributed by atoms with Crippen LogP contribution in [0.5, 0.6) is 0 Å². The van der Waals surface area contributed by atoms with Gasteiger partial charge in [0.15, 0.2) is 0 Å². The molecule has 9 heteroatoms. The van der Waals surface area contributed by atoms with Crippen LogP contribution in [0.25, 0.3) is 0 Å². The molecule has 0 saturated carbocycles. The first-order chi connectivity index (χ1) is 5.77. The molecule has 1 atom stereocenters. The lowest BCUT2D eigenvalue weighted by Gasteiger charge is -2.11. The van der Waals surface area contributed by atoms with Gasteiger partial charge in [-0.25, -0.2) is 13.6 Å². The number of nitrogens with zero attached hydrogens (tertiary/aromatic N) is 1. The lowest BCUT2D eigenvalue weighted by atomic mass is 10.3. The fraction of sp³-hybridized carbons (Fsp3) is 1.00. The Morgan fingerprint density at radius 3 is 2.38 bits per heavy atom. The summed E-state index contributed by atoms with van der Waals surface area (Å²) in [6.07, 6.45) is 1.58. The minimum absolute atomic E-state index is 0.282. The first-order valence-corrected chi connectivity index (χ1v) is 7.87. The Morgan fingerprint density at radius 2 is 2.00 bits per heavy atom. The zero-order valence-electron chi connectivity index (χ0n) is 7.07. The fourth-order valence-electron chi connectivity index (χ4n) is 0.528. The Morgan fingerprint density at radius 1 is 1.46 bits per heavy atom. The molecule has 0 aromatic rings. The van der Waals surface area contributed by atoms with Gasteiger partial charge in [0.05, 0.1) is 0 Å². The molecule has 13 heavy (non-hydrogen) atoms. The van der Waals surface area contributed by atoms with Crippen molar-refractivity contribution in [1.82, 2.24) is 0 Å². The van der Waals surface area contributed by atoms with Crippen LogP contribution < -0.4 is 0 Å². The average molecular weight is 249 g/mol. The van der Waals surface area contributed by atoms with E-state index in [1.807, 2.05) is 6.92 Å². The summed E-state index contributed by atoms with van der Waals surface area (Å²) in [6, 6.07) is 0. The molecule has 0 bridgehead atoms. The largest absolute Gasteiger partial charge is 0.476 e. The van der Waals surface area contributed by atoms with E-state index in [0.717, 1.165) is 6.42 Å². The summed E-state index contributed by atoms with van der Waals surface area (Å²) in [5.41, 5.74) is 0. The molecule has 80 valence electrons. The molecular weight excluding hydrogens is 236 g/mol. The first-order valence-electron chi connectivity index (χ1n) is 3.57. The highest BCUT2D eigenvalue weighted by Crippen LogP contribution is 2.62. The molecule has 0 aromatic heterocycles. The van der Waals surface area contributed by atoms with Gasteiger partial charge in [-0.15, -0.1) is 0 Å². The van der Waals surface area contributed by atoms with Crippen LogP contribution in [-0.4, -0.2) is 21.2 Å². The Kier molecular flexibility index (Phi) is 5.79. The monoisotopic (exact) mass is 249 g/mol. The van der Waals surface area contributed by atoms with Crippen LogP contribution in [0.2, 0.25) is 0 Å². The second-order valence-corrected chi connectivity index (χ2v) is 6.81. The lowest BCUT2D eigenvalue weighted by Crippen LogP contribution is -1.85. The van der Waals surface area contributed by atoms with E-state index in [2.05, 4.69) is 21.3 Å². The molecule has 0 heterocycles. The minimum atomic E-state index is -4.71. The molecule has 0 spiro atoms. The van der Waals surface area contributed by atoms with Crippen LogP contribution in [0.15, 0.2) is 4.74 Å². The van der Waals surface area contributed by atoms with Crippen molar-refractivity contribution in [2.45, 2.75) is 19.8 Å². The van der Waals surface area contributed by atoms with Gasteiger partial charge >= 0.3 is 7.82 Å². The van der Waals surface area contributed by atoms with Crippen molar-refractivity contribution < 1.29 is 23.6 Å². The predicted octanol–water partition coefficient (Wildman–Crippen LogP) is 1.76. The van der Waals surface area contributed by atoms with Gasteiger partial charge in [-0.3, -0.25) is 0 Å². The van der Waals surface area contributed by atoms with Gasteiger partial charge in [0.2, 0.25) is 0 Å². The molecule has 0 rings (SSSR count). The smallest absolute Gasteiger partial charge is 0.332 e. The molecule has 0 aliphatic heterocycles. The van der Waals surface area contributed by atoms with Crippen LogP contribution in [-0.2, 0) is 8.88 Å². The van der Waals surface area contributed by atoms with Gasteiger partial charge in [0.1, 0.15) is 0 Å². The maximum atomic E-state index is 10.3. The Labute approximate surface area is 81.9 Å². The van der Waals surface area contributed by atoms with Crippen molar-refractivity contribution in [2.24, 2.45) is 4.74 Å². The Bertz CT molecular complexity index is 245. The molecule has 0 aliphatic rings. The van der Waals surface area contributed by atoms with E-state index < -0.39 is 14.5 Å². The molecule has 0 aromatic carbocycles.